The quantitative estimate of drug-likeness (QED) is 0.148. The summed E-state index contributed by atoms with van der Waals surface area (Å²) in [6.45, 7) is -0.827. The summed E-state index contributed by atoms with van der Waals surface area (Å²) in [5, 5.41) is 74.6. The van der Waals surface area contributed by atoms with Crippen LogP contribution in [-0.2, 0) is 42.9 Å². The maximum Gasteiger partial charge on any atom is 0.335 e. The van der Waals surface area contributed by atoms with E-state index in [0.29, 0.717) is 12.2 Å². The summed E-state index contributed by atoms with van der Waals surface area (Å²) in [7, 11) is 0. The molecule has 6 rings (SSSR count). The minimum atomic E-state index is -3.53. The highest BCUT2D eigenvalue weighted by molar-refractivity contribution is 6.10. The van der Waals surface area contributed by atoms with Crippen molar-refractivity contribution < 1.29 is 78.6 Å². The molecule has 0 amide bonds. The molecule has 4 heterocycles. The first-order chi connectivity index (χ1) is 16.7. The summed E-state index contributed by atoms with van der Waals surface area (Å²) < 4.78 is 25.4. The van der Waals surface area contributed by atoms with Crippen LogP contribution in [0.3, 0.4) is 0 Å². The van der Waals surface area contributed by atoms with Crippen molar-refractivity contribution in [2.24, 2.45) is 11.8 Å². The Balaban J connectivity index is 1.58. The lowest BCUT2D eigenvalue weighted by atomic mass is 9.67. The van der Waals surface area contributed by atoms with E-state index < -0.39 is 107 Å². The molecule has 0 radical (unpaired) electrons. The van der Waals surface area contributed by atoms with Gasteiger partial charge in [0.1, 0.15) is 24.9 Å². The van der Waals surface area contributed by atoms with Crippen LogP contribution in [-0.4, -0.2) is 120 Å². The van der Waals surface area contributed by atoms with E-state index in [2.05, 4.69) is 0 Å². The fourth-order valence-corrected chi connectivity index (χ4v) is 5.63. The molecule has 16 nitrogen and oxygen atoms in total. The van der Waals surface area contributed by atoms with Gasteiger partial charge in [-0.3, -0.25) is 14.3 Å². The van der Waals surface area contributed by atoms with Gasteiger partial charge in [-0.15, -0.1) is 0 Å². The normalized spacial score (nSPS) is 53.6. The number of carbonyl (C=O) groups excluding carboxylic acids is 4. The van der Waals surface area contributed by atoms with Crippen molar-refractivity contribution in [3.05, 3.63) is 23.3 Å². The minimum absolute atomic E-state index is 0.433. The van der Waals surface area contributed by atoms with E-state index in [-0.39, 0.29) is 0 Å². The van der Waals surface area contributed by atoms with Gasteiger partial charge in [0.25, 0.3) is 11.6 Å². The molecule has 4 saturated heterocycles. The van der Waals surface area contributed by atoms with Crippen molar-refractivity contribution in [2.45, 2.75) is 53.9 Å². The van der Waals surface area contributed by atoms with Crippen molar-refractivity contribution in [3.8, 4) is 0 Å². The highest BCUT2D eigenvalue weighted by Crippen LogP contribution is 2.66. The number of aliphatic hydroxyl groups excluding tert-OH is 3. The summed E-state index contributed by atoms with van der Waals surface area (Å²) in [6.07, 6.45) is -8.41. The first kappa shape index (κ1) is 23.7. The van der Waals surface area contributed by atoms with Gasteiger partial charge in [0.2, 0.25) is 23.1 Å². The Hall–Kier alpha value is -2.64. The molecular formula is C20H18O16. The van der Waals surface area contributed by atoms with Crippen molar-refractivity contribution in [1.29, 1.82) is 0 Å². The Morgan fingerprint density at radius 3 is 1.83 bits per heavy atom. The smallest absolute Gasteiger partial charge is 0.335 e. The van der Waals surface area contributed by atoms with Crippen LogP contribution in [0, 0.1) is 11.8 Å². The molecule has 4 fully saturated rings. The second-order valence-electron chi connectivity index (χ2n) is 9.28. The lowest BCUT2D eigenvalue weighted by Crippen LogP contribution is -2.78. The topological polar surface area (TPSA) is 256 Å². The fraction of sp³-hybridized carbons (Fsp3) is 0.600. The molecule has 2 bridgehead atoms. The maximum absolute atomic E-state index is 13.2. The molecule has 11 atom stereocenters. The molecule has 0 aromatic carbocycles. The van der Waals surface area contributed by atoms with Gasteiger partial charge in [0.15, 0.2) is 12.4 Å². The van der Waals surface area contributed by atoms with Gasteiger partial charge in [0.05, 0.1) is 23.0 Å². The third-order valence-corrected chi connectivity index (χ3v) is 7.42. The molecule has 4 aliphatic heterocycles. The standard InChI is InChI=1S/C20H18O16/c21-7-1-4-9-10-5(2-8(22)18(29)20(10,31)36-19(9,30)17(7,28)35-18)15(26)34-13-6(3-32-14(4)25)33-16(27)12(24)11(13)23/h1-2,6,9-13,16,23-24,27-31H,3H2/t6-,9?,10?,11-,12-,13-,16?,17+,18-,19-,20+/m1/s1. The number of ketones is 2. The molecule has 7 N–H and O–H groups in total. The number of hydrogen-bond acceptors (Lipinski definition) is 16. The third kappa shape index (κ3) is 2.46. The molecule has 194 valence electrons. The van der Waals surface area contributed by atoms with Crippen LogP contribution in [0.4, 0.5) is 0 Å². The third-order valence-electron chi connectivity index (χ3n) is 7.42. The number of esters is 2. The van der Waals surface area contributed by atoms with Gasteiger partial charge in [-0.2, -0.15) is 0 Å². The van der Waals surface area contributed by atoms with E-state index in [1.807, 2.05) is 0 Å². The van der Waals surface area contributed by atoms with Crippen molar-refractivity contribution in [1.82, 2.24) is 0 Å². The zero-order valence-electron chi connectivity index (χ0n) is 17.7. The zero-order valence-corrected chi connectivity index (χ0v) is 17.7. The molecule has 36 heavy (non-hydrogen) atoms. The van der Waals surface area contributed by atoms with E-state index >= 15 is 0 Å². The SMILES string of the molecule is O=C1O[C@H]2[C@H](O)[C@@H](O)C(O)O[C@@H]2COC(=O)C2=CC(=O)[C@]3(O)O[C@]4(O)C(=O)C=C1C1C2[C@@]3(O)O[C@@]14O. The first-order valence-corrected chi connectivity index (χ1v) is 10.6. The second kappa shape index (κ2) is 6.81. The predicted molar refractivity (Wildman–Crippen MR) is 98.9 cm³/mol. The Morgan fingerprint density at radius 2 is 1.28 bits per heavy atom. The lowest BCUT2D eigenvalue weighted by molar-refractivity contribution is -0.516. The first-order valence-electron chi connectivity index (χ1n) is 10.6. The number of hydrogen-bond donors (Lipinski definition) is 7. The number of rotatable bonds is 0. The monoisotopic (exact) mass is 514 g/mol. The largest absolute Gasteiger partial charge is 0.459 e. The zero-order chi connectivity index (χ0) is 26.2. The number of cyclic esters (lactones) is 1. The van der Waals surface area contributed by atoms with Crippen LogP contribution in [0.15, 0.2) is 23.3 Å². The van der Waals surface area contributed by atoms with E-state index in [9.17, 15) is 54.9 Å². The maximum atomic E-state index is 13.2. The van der Waals surface area contributed by atoms with E-state index in [1.165, 1.54) is 0 Å². The number of carbonyl (C=O) groups is 4. The predicted octanol–water partition coefficient (Wildman–Crippen LogP) is -6.04. The second-order valence-corrected chi connectivity index (χ2v) is 9.28. The molecule has 2 aliphatic carbocycles. The molecule has 0 spiro atoms. The highest BCUT2D eigenvalue weighted by atomic mass is 16.9. The molecule has 6 aliphatic rings. The fourth-order valence-electron chi connectivity index (χ4n) is 5.63. The van der Waals surface area contributed by atoms with Crippen LogP contribution in [0.1, 0.15) is 0 Å². The van der Waals surface area contributed by atoms with Crippen LogP contribution in [0.2, 0.25) is 0 Å². The van der Waals surface area contributed by atoms with Gasteiger partial charge < -0.3 is 54.7 Å². The average molecular weight is 514 g/mol. The summed E-state index contributed by atoms with van der Waals surface area (Å²) in [5.74, 6) is -23.8. The average Bonchev–Trinajstić information content (AvgIpc) is 3.05. The Bertz CT molecular complexity index is 1190. The van der Waals surface area contributed by atoms with E-state index in [1.54, 1.807) is 0 Å². The molecular weight excluding hydrogens is 496 g/mol. The summed E-state index contributed by atoms with van der Waals surface area (Å²) >= 11 is 0. The number of aliphatic hydroxyl groups is 7. The van der Waals surface area contributed by atoms with Crippen LogP contribution in [0.5, 0.6) is 0 Å². The van der Waals surface area contributed by atoms with Gasteiger partial charge in [-0.05, 0) is 12.2 Å². The van der Waals surface area contributed by atoms with Gasteiger partial charge in [0, 0.05) is 0 Å². The minimum Gasteiger partial charge on any atom is -0.459 e. The van der Waals surface area contributed by atoms with Crippen molar-refractivity contribution in [2.75, 3.05) is 6.61 Å². The molecule has 0 aromatic heterocycles. The van der Waals surface area contributed by atoms with Crippen LogP contribution < -0.4 is 0 Å². The van der Waals surface area contributed by atoms with Crippen molar-refractivity contribution >= 4 is 23.5 Å². The van der Waals surface area contributed by atoms with Crippen molar-refractivity contribution in [3.63, 3.8) is 0 Å². The van der Waals surface area contributed by atoms with Crippen LogP contribution >= 0.6 is 0 Å². The van der Waals surface area contributed by atoms with Gasteiger partial charge in [-0.1, -0.05) is 0 Å². The lowest BCUT2D eigenvalue weighted by Gasteiger charge is -2.52. The Kier molecular flexibility index (Phi) is 4.49. The van der Waals surface area contributed by atoms with Gasteiger partial charge in [-0.25, -0.2) is 9.59 Å². The molecule has 0 aromatic rings. The summed E-state index contributed by atoms with van der Waals surface area (Å²) in [6, 6.07) is 0. The molecule has 16 heteroatoms. The van der Waals surface area contributed by atoms with E-state index in [0.717, 1.165) is 0 Å². The highest BCUT2D eigenvalue weighted by Gasteiger charge is 2.88. The Labute approximate surface area is 198 Å². The molecule has 3 unspecified atom stereocenters. The summed E-state index contributed by atoms with van der Waals surface area (Å²) in [4.78, 5) is 52.0. The van der Waals surface area contributed by atoms with E-state index in [4.69, 9.17) is 23.7 Å². The number of ether oxygens (including phenoxy) is 5. The number of fused-ring (bicyclic) bond motifs is 1. The van der Waals surface area contributed by atoms with Crippen LogP contribution in [0.25, 0.3) is 0 Å². The molecule has 0 saturated carbocycles. The van der Waals surface area contributed by atoms with Gasteiger partial charge >= 0.3 is 11.9 Å². The summed E-state index contributed by atoms with van der Waals surface area (Å²) in [5.41, 5.74) is -1.56. The Morgan fingerprint density at radius 1 is 0.750 bits per heavy atom.